The fourth-order valence-corrected chi connectivity index (χ4v) is 2.06. The molecule has 0 aliphatic carbocycles. The molecule has 1 heterocycles. The molecule has 0 amide bonds. The Kier molecular flexibility index (Phi) is 4.09. The van der Waals surface area contributed by atoms with Gasteiger partial charge in [0.2, 0.25) is 0 Å². The van der Waals surface area contributed by atoms with Crippen LogP contribution < -0.4 is 5.73 Å². The smallest absolute Gasteiger partial charge is 0.0977 e. The van der Waals surface area contributed by atoms with Crippen molar-refractivity contribution in [3.8, 4) is 0 Å². The zero-order valence-electron chi connectivity index (χ0n) is 8.04. The molecule has 1 aliphatic rings. The molecule has 1 atom stereocenters. The summed E-state index contributed by atoms with van der Waals surface area (Å²) in [5.41, 5.74) is 5.30. The quantitative estimate of drug-likeness (QED) is 0.698. The molecule has 0 radical (unpaired) electrons. The Morgan fingerprint density at radius 1 is 1.62 bits per heavy atom. The van der Waals surface area contributed by atoms with E-state index in [9.17, 15) is 0 Å². The molecule has 1 aliphatic heterocycles. The summed E-state index contributed by atoms with van der Waals surface area (Å²) in [7, 11) is 1.68. The van der Waals surface area contributed by atoms with Crippen LogP contribution in [0.5, 0.6) is 0 Å². The number of hydrogen-bond donors (Lipinski definition) is 1. The normalized spacial score (nSPS) is 28.7. The molecule has 1 rings (SSSR count). The maximum Gasteiger partial charge on any atom is 0.0977 e. The summed E-state index contributed by atoms with van der Waals surface area (Å²) in [5.74, 6) is 0. The summed E-state index contributed by atoms with van der Waals surface area (Å²) in [6, 6.07) is 0. The number of nitrogens with two attached hydrogens (primary N) is 1. The van der Waals surface area contributed by atoms with Gasteiger partial charge in [0.1, 0.15) is 0 Å². The molecule has 0 aromatic heterocycles. The van der Waals surface area contributed by atoms with Gasteiger partial charge in [-0.05, 0) is 19.3 Å². The van der Waals surface area contributed by atoms with Crippen LogP contribution in [0.25, 0.3) is 0 Å². The standard InChI is InChI=1S/C9H17NO2S/c1-11-7-9(6-8(10)13)4-2-3-5-12-9/h2-7H2,1H3,(H2,10,13). The fraction of sp³-hybridized carbons (Fsp3) is 0.889. The minimum Gasteiger partial charge on any atom is -0.393 e. The second-order valence-electron chi connectivity index (χ2n) is 3.56. The third kappa shape index (κ3) is 3.21. The zero-order valence-corrected chi connectivity index (χ0v) is 8.86. The number of thiocarbonyl (C=S) groups is 1. The van der Waals surface area contributed by atoms with Crippen molar-refractivity contribution in [3.63, 3.8) is 0 Å². The van der Waals surface area contributed by atoms with Crippen molar-refractivity contribution in [1.82, 2.24) is 0 Å². The van der Waals surface area contributed by atoms with Crippen molar-refractivity contribution in [3.05, 3.63) is 0 Å². The molecule has 1 fully saturated rings. The summed E-state index contributed by atoms with van der Waals surface area (Å²) in [6.45, 7) is 1.39. The SMILES string of the molecule is COCC1(CC(N)=S)CCCCO1. The van der Waals surface area contributed by atoms with Gasteiger partial charge >= 0.3 is 0 Å². The second-order valence-corrected chi connectivity index (χ2v) is 4.09. The van der Waals surface area contributed by atoms with Crippen molar-refractivity contribution in [2.75, 3.05) is 20.3 Å². The fourth-order valence-electron chi connectivity index (χ4n) is 1.79. The van der Waals surface area contributed by atoms with E-state index in [1.807, 2.05) is 0 Å². The van der Waals surface area contributed by atoms with Crippen LogP contribution in [0.4, 0.5) is 0 Å². The van der Waals surface area contributed by atoms with Gasteiger partial charge < -0.3 is 15.2 Å². The van der Waals surface area contributed by atoms with E-state index in [-0.39, 0.29) is 5.60 Å². The Morgan fingerprint density at radius 2 is 2.38 bits per heavy atom. The molecule has 3 nitrogen and oxygen atoms in total. The Morgan fingerprint density at radius 3 is 2.85 bits per heavy atom. The molecule has 0 saturated carbocycles. The Hall–Kier alpha value is -0.190. The maximum atomic E-state index is 5.72. The summed E-state index contributed by atoms with van der Waals surface area (Å²) in [6.07, 6.45) is 3.93. The van der Waals surface area contributed by atoms with Crippen LogP contribution in [0.2, 0.25) is 0 Å². The highest BCUT2D eigenvalue weighted by Gasteiger charge is 2.33. The molecule has 0 bridgehead atoms. The van der Waals surface area contributed by atoms with Crippen LogP contribution in [0.1, 0.15) is 25.7 Å². The Labute approximate surface area is 84.6 Å². The van der Waals surface area contributed by atoms with Gasteiger partial charge in [0.25, 0.3) is 0 Å². The average molecular weight is 203 g/mol. The van der Waals surface area contributed by atoms with E-state index < -0.39 is 0 Å². The first-order valence-corrected chi connectivity index (χ1v) is 5.00. The van der Waals surface area contributed by atoms with E-state index in [1.165, 1.54) is 6.42 Å². The van der Waals surface area contributed by atoms with Crippen LogP contribution >= 0.6 is 12.2 Å². The monoisotopic (exact) mass is 203 g/mol. The predicted molar refractivity (Wildman–Crippen MR) is 55.8 cm³/mol. The predicted octanol–water partition coefficient (Wildman–Crippen LogP) is 1.25. The molecule has 0 spiro atoms. The van der Waals surface area contributed by atoms with E-state index in [0.717, 1.165) is 19.4 Å². The van der Waals surface area contributed by atoms with Gasteiger partial charge in [-0.1, -0.05) is 12.2 Å². The molecule has 1 saturated heterocycles. The zero-order chi connectivity index (χ0) is 9.73. The molecule has 2 N–H and O–H groups in total. The first-order chi connectivity index (χ1) is 6.18. The first-order valence-electron chi connectivity index (χ1n) is 4.60. The van der Waals surface area contributed by atoms with Crippen LogP contribution in [-0.2, 0) is 9.47 Å². The van der Waals surface area contributed by atoms with Crippen molar-refractivity contribution < 1.29 is 9.47 Å². The molecular formula is C9H17NO2S. The highest BCUT2D eigenvalue weighted by atomic mass is 32.1. The van der Waals surface area contributed by atoms with Gasteiger partial charge in [0, 0.05) is 20.1 Å². The van der Waals surface area contributed by atoms with Gasteiger partial charge in [0.05, 0.1) is 17.2 Å². The summed E-state index contributed by atoms with van der Waals surface area (Å²) < 4.78 is 10.9. The first kappa shape index (κ1) is 10.9. The minimum atomic E-state index is -0.237. The van der Waals surface area contributed by atoms with Crippen molar-refractivity contribution in [2.45, 2.75) is 31.3 Å². The number of hydrogen-bond acceptors (Lipinski definition) is 3. The average Bonchev–Trinajstić information content (AvgIpc) is 2.04. The molecule has 76 valence electrons. The van der Waals surface area contributed by atoms with Gasteiger partial charge in [-0.3, -0.25) is 0 Å². The van der Waals surface area contributed by atoms with E-state index in [1.54, 1.807) is 7.11 Å². The van der Waals surface area contributed by atoms with Crippen LogP contribution in [0, 0.1) is 0 Å². The third-order valence-electron chi connectivity index (χ3n) is 2.34. The second kappa shape index (κ2) is 4.88. The topological polar surface area (TPSA) is 44.5 Å². The number of methoxy groups -OCH3 is 1. The van der Waals surface area contributed by atoms with Gasteiger partial charge in [-0.2, -0.15) is 0 Å². The van der Waals surface area contributed by atoms with Gasteiger partial charge in [-0.15, -0.1) is 0 Å². The van der Waals surface area contributed by atoms with Crippen molar-refractivity contribution >= 4 is 17.2 Å². The van der Waals surface area contributed by atoms with E-state index in [4.69, 9.17) is 27.4 Å². The molecule has 0 aromatic carbocycles. The largest absolute Gasteiger partial charge is 0.393 e. The summed E-state index contributed by atoms with van der Waals surface area (Å²) in [5, 5.41) is 0. The van der Waals surface area contributed by atoms with Crippen molar-refractivity contribution in [2.24, 2.45) is 5.73 Å². The van der Waals surface area contributed by atoms with Gasteiger partial charge in [-0.25, -0.2) is 0 Å². The minimum absolute atomic E-state index is 0.237. The molecule has 1 unspecified atom stereocenters. The lowest BCUT2D eigenvalue weighted by Gasteiger charge is -2.36. The van der Waals surface area contributed by atoms with Crippen molar-refractivity contribution in [1.29, 1.82) is 0 Å². The Bertz CT molecular complexity index is 173. The lowest BCUT2D eigenvalue weighted by Crippen LogP contribution is -2.43. The highest BCUT2D eigenvalue weighted by molar-refractivity contribution is 7.80. The van der Waals surface area contributed by atoms with Gasteiger partial charge in [0.15, 0.2) is 0 Å². The number of ether oxygens (including phenoxy) is 2. The highest BCUT2D eigenvalue weighted by Crippen LogP contribution is 2.28. The molecule has 13 heavy (non-hydrogen) atoms. The van der Waals surface area contributed by atoms with Crippen LogP contribution in [0.3, 0.4) is 0 Å². The number of rotatable bonds is 4. The lowest BCUT2D eigenvalue weighted by atomic mass is 9.91. The lowest BCUT2D eigenvalue weighted by molar-refractivity contribution is -0.110. The van der Waals surface area contributed by atoms with E-state index >= 15 is 0 Å². The maximum absolute atomic E-state index is 5.72. The third-order valence-corrected chi connectivity index (χ3v) is 2.48. The summed E-state index contributed by atoms with van der Waals surface area (Å²) >= 11 is 4.90. The molecule has 4 heteroatoms. The molecule has 0 aromatic rings. The molecular weight excluding hydrogens is 186 g/mol. The van der Waals surface area contributed by atoms with E-state index in [2.05, 4.69) is 0 Å². The van der Waals surface area contributed by atoms with Crippen LogP contribution in [0.15, 0.2) is 0 Å². The van der Waals surface area contributed by atoms with E-state index in [0.29, 0.717) is 18.0 Å². The van der Waals surface area contributed by atoms with Crippen LogP contribution in [-0.4, -0.2) is 30.9 Å². The Balaban J connectivity index is 2.55. The summed E-state index contributed by atoms with van der Waals surface area (Å²) in [4.78, 5) is 0.513.